The lowest BCUT2D eigenvalue weighted by atomic mass is 9.93. The second-order valence-electron chi connectivity index (χ2n) is 5.07. The fourth-order valence-corrected chi connectivity index (χ4v) is 2.60. The zero-order valence-electron chi connectivity index (χ0n) is 11.9. The normalized spacial score (nSPS) is 20.6. The molecular formula is C17H16O4. The maximum atomic E-state index is 12.3. The second-order valence-corrected chi connectivity index (χ2v) is 5.07. The molecule has 0 fully saturated rings. The number of carbonyl (C=O) groups excluding carboxylic acids is 1. The highest BCUT2D eigenvalue weighted by Gasteiger charge is 2.36. The highest BCUT2D eigenvalue weighted by Crippen LogP contribution is 2.36. The van der Waals surface area contributed by atoms with Crippen molar-refractivity contribution in [3.63, 3.8) is 0 Å². The molecule has 0 saturated carbocycles. The van der Waals surface area contributed by atoms with E-state index in [0.29, 0.717) is 11.3 Å². The van der Waals surface area contributed by atoms with E-state index in [1.54, 1.807) is 37.4 Å². The maximum Gasteiger partial charge on any atom is 0.199 e. The van der Waals surface area contributed by atoms with Crippen molar-refractivity contribution in [2.75, 3.05) is 7.11 Å². The Balaban J connectivity index is 2.00. The van der Waals surface area contributed by atoms with Crippen LogP contribution in [0, 0.1) is 6.92 Å². The van der Waals surface area contributed by atoms with E-state index in [4.69, 9.17) is 9.47 Å². The van der Waals surface area contributed by atoms with Crippen molar-refractivity contribution in [2.45, 2.75) is 19.1 Å². The van der Waals surface area contributed by atoms with Crippen molar-refractivity contribution in [2.24, 2.45) is 0 Å². The number of hydrogen-bond donors (Lipinski definition) is 1. The fourth-order valence-electron chi connectivity index (χ4n) is 2.60. The van der Waals surface area contributed by atoms with Gasteiger partial charge in [0.15, 0.2) is 18.0 Å². The lowest BCUT2D eigenvalue weighted by Crippen LogP contribution is -2.36. The van der Waals surface area contributed by atoms with E-state index in [-0.39, 0.29) is 5.78 Å². The van der Waals surface area contributed by atoms with Crippen LogP contribution in [0.3, 0.4) is 0 Å². The van der Waals surface area contributed by atoms with E-state index in [1.807, 2.05) is 19.1 Å². The van der Waals surface area contributed by atoms with Gasteiger partial charge in [-0.1, -0.05) is 18.2 Å². The third-order valence-corrected chi connectivity index (χ3v) is 3.71. The molecule has 3 rings (SSSR count). The number of ketones is 1. The number of aryl methyl sites for hydroxylation is 1. The molecule has 108 valence electrons. The molecule has 1 aliphatic rings. The van der Waals surface area contributed by atoms with Crippen LogP contribution in [0.2, 0.25) is 0 Å². The number of para-hydroxylation sites is 1. The summed E-state index contributed by atoms with van der Waals surface area (Å²) in [5.74, 6) is 0.956. The van der Waals surface area contributed by atoms with E-state index in [2.05, 4.69) is 0 Å². The molecule has 0 unspecified atom stereocenters. The highest BCUT2D eigenvalue weighted by molar-refractivity contribution is 6.03. The molecule has 0 radical (unpaired) electrons. The number of aliphatic hydroxyl groups is 1. The zero-order valence-corrected chi connectivity index (χ0v) is 11.9. The number of carbonyl (C=O) groups is 1. The van der Waals surface area contributed by atoms with Crippen LogP contribution in [0.5, 0.6) is 11.5 Å². The number of methoxy groups -OCH3 is 1. The molecule has 0 spiro atoms. The molecule has 2 aromatic rings. The summed E-state index contributed by atoms with van der Waals surface area (Å²) in [5, 5.41) is 10.2. The molecule has 4 nitrogen and oxygen atoms in total. The SMILES string of the molecule is COc1ccc([C@@H]2Oc3ccccc3C(=O)[C@H]2O)cc1C. The molecule has 2 aromatic carbocycles. The number of hydrogen-bond acceptors (Lipinski definition) is 4. The van der Waals surface area contributed by atoms with Crippen LogP contribution in [0.4, 0.5) is 0 Å². The largest absolute Gasteiger partial charge is 0.496 e. The van der Waals surface area contributed by atoms with Crippen LogP contribution in [-0.2, 0) is 0 Å². The van der Waals surface area contributed by atoms with Crippen LogP contribution in [0.25, 0.3) is 0 Å². The van der Waals surface area contributed by atoms with Gasteiger partial charge in [0, 0.05) is 0 Å². The minimum atomic E-state index is -1.20. The summed E-state index contributed by atoms with van der Waals surface area (Å²) in [6.45, 7) is 1.91. The number of rotatable bonds is 2. The van der Waals surface area contributed by atoms with E-state index >= 15 is 0 Å². The molecule has 1 N–H and O–H groups in total. The standard InChI is InChI=1S/C17H16O4/c1-10-9-11(7-8-13(10)20-2)17-16(19)15(18)12-5-3-4-6-14(12)21-17/h3-9,16-17,19H,1-2H3/t16-,17+/m1/s1. The van der Waals surface area contributed by atoms with Crippen LogP contribution < -0.4 is 9.47 Å². The van der Waals surface area contributed by atoms with Crippen molar-refractivity contribution in [1.82, 2.24) is 0 Å². The number of aliphatic hydroxyl groups excluding tert-OH is 1. The molecule has 0 amide bonds. The molecule has 0 aliphatic carbocycles. The Morgan fingerprint density at radius 1 is 1.19 bits per heavy atom. The summed E-state index contributed by atoms with van der Waals surface area (Å²) in [6, 6.07) is 12.4. The Labute approximate surface area is 122 Å². The number of ether oxygens (including phenoxy) is 2. The van der Waals surface area contributed by atoms with Crippen LogP contribution in [0.15, 0.2) is 42.5 Å². The Bertz CT molecular complexity index is 693. The third kappa shape index (κ3) is 2.28. The Morgan fingerprint density at radius 2 is 1.95 bits per heavy atom. The van der Waals surface area contributed by atoms with Gasteiger partial charge in [0.1, 0.15) is 11.5 Å². The van der Waals surface area contributed by atoms with E-state index in [0.717, 1.165) is 16.9 Å². The summed E-state index contributed by atoms with van der Waals surface area (Å²) in [7, 11) is 1.60. The predicted molar refractivity (Wildman–Crippen MR) is 77.9 cm³/mol. The lowest BCUT2D eigenvalue weighted by molar-refractivity contribution is 0.0216. The Hall–Kier alpha value is -2.33. The number of Topliss-reactive ketones (excluding diaryl/α,β-unsaturated/α-hetero) is 1. The van der Waals surface area contributed by atoms with E-state index in [1.165, 1.54) is 0 Å². The first kappa shape index (κ1) is 13.6. The van der Waals surface area contributed by atoms with Gasteiger partial charge < -0.3 is 14.6 Å². The maximum absolute atomic E-state index is 12.3. The smallest absolute Gasteiger partial charge is 0.199 e. The molecule has 21 heavy (non-hydrogen) atoms. The molecule has 1 aliphatic heterocycles. The van der Waals surface area contributed by atoms with Gasteiger partial charge in [0.2, 0.25) is 0 Å². The van der Waals surface area contributed by atoms with E-state index < -0.39 is 12.2 Å². The van der Waals surface area contributed by atoms with Gasteiger partial charge in [-0.2, -0.15) is 0 Å². The summed E-state index contributed by atoms with van der Waals surface area (Å²) < 4.78 is 11.0. The van der Waals surface area contributed by atoms with Gasteiger partial charge in [-0.05, 0) is 42.3 Å². The predicted octanol–water partition coefficient (Wildman–Crippen LogP) is 2.68. The highest BCUT2D eigenvalue weighted by atomic mass is 16.5. The lowest BCUT2D eigenvalue weighted by Gasteiger charge is -2.30. The van der Waals surface area contributed by atoms with Crippen LogP contribution in [-0.4, -0.2) is 24.1 Å². The molecule has 0 aromatic heterocycles. The molecule has 1 heterocycles. The average Bonchev–Trinajstić information content (AvgIpc) is 2.51. The first-order chi connectivity index (χ1) is 10.1. The Kier molecular flexibility index (Phi) is 3.39. The zero-order chi connectivity index (χ0) is 15.0. The van der Waals surface area contributed by atoms with Gasteiger partial charge >= 0.3 is 0 Å². The average molecular weight is 284 g/mol. The summed E-state index contributed by atoms with van der Waals surface area (Å²) >= 11 is 0. The second kappa shape index (κ2) is 5.22. The van der Waals surface area contributed by atoms with Gasteiger partial charge in [-0.25, -0.2) is 0 Å². The minimum absolute atomic E-state index is 0.310. The van der Waals surface area contributed by atoms with Gasteiger partial charge in [-0.3, -0.25) is 4.79 Å². The number of fused-ring (bicyclic) bond motifs is 1. The quantitative estimate of drug-likeness (QED) is 0.921. The van der Waals surface area contributed by atoms with Gasteiger partial charge in [0.25, 0.3) is 0 Å². The summed E-state index contributed by atoms with van der Waals surface area (Å²) in [5.41, 5.74) is 2.10. The third-order valence-electron chi connectivity index (χ3n) is 3.71. The van der Waals surface area contributed by atoms with Crippen molar-refractivity contribution in [3.8, 4) is 11.5 Å². The van der Waals surface area contributed by atoms with Crippen molar-refractivity contribution in [1.29, 1.82) is 0 Å². The molecular weight excluding hydrogens is 268 g/mol. The summed E-state index contributed by atoms with van der Waals surface area (Å²) in [4.78, 5) is 12.3. The first-order valence-corrected chi connectivity index (χ1v) is 6.74. The van der Waals surface area contributed by atoms with Crippen LogP contribution >= 0.6 is 0 Å². The van der Waals surface area contributed by atoms with E-state index in [9.17, 15) is 9.90 Å². The van der Waals surface area contributed by atoms with Gasteiger partial charge in [-0.15, -0.1) is 0 Å². The van der Waals surface area contributed by atoms with Crippen LogP contribution in [0.1, 0.15) is 27.6 Å². The molecule has 0 saturated heterocycles. The fraction of sp³-hybridized carbons (Fsp3) is 0.235. The van der Waals surface area contributed by atoms with Gasteiger partial charge in [0.05, 0.1) is 12.7 Å². The van der Waals surface area contributed by atoms with Crippen molar-refractivity contribution in [3.05, 3.63) is 59.2 Å². The molecule has 0 bridgehead atoms. The minimum Gasteiger partial charge on any atom is -0.496 e. The Morgan fingerprint density at radius 3 is 2.67 bits per heavy atom. The first-order valence-electron chi connectivity index (χ1n) is 6.74. The number of benzene rings is 2. The molecule has 4 heteroatoms. The van der Waals surface area contributed by atoms with Crippen molar-refractivity contribution < 1.29 is 19.4 Å². The molecule has 2 atom stereocenters. The monoisotopic (exact) mass is 284 g/mol. The topological polar surface area (TPSA) is 55.8 Å². The van der Waals surface area contributed by atoms with Crippen molar-refractivity contribution >= 4 is 5.78 Å². The summed E-state index contributed by atoms with van der Waals surface area (Å²) in [6.07, 6.45) is -1.90.